The molecule has 2 atom stereocenters. The molecule has 21 heavy (non-hydrogen) atoms. The number of aryl methyl sites for hydroxylation is 1. The summed E-state index contributed by atoms with van der Waals surface area (Å²) in [4.78, 5) is 13.0. The van der Waals surface area contributed by atoms with Crippen LogP contribution >= 0.6 is 0 Å². The number of rotatable bonds is 2. The van der Waals surface area contributed by atoms with Crippen LogP contribution in [-0.2, 0) is 0 Å². The van der Waals surface area contributed by atoms with E-state index in [0.717, 1.165) is 18.5 Å². The number of anilines is 1. The van der Waals surface area contributed by atoms with Crippen LogP contribution in [0.2, 0.25) is 0 Å². The highest BCUT2D eigenvalue weighted by atomic mass is 16.4. The van der Waals surface area contributed by atoms with Crippen LogP contribution in [-0.4, -0.2) is 34.7 Å². The zero-order chi connectivity index (χ0) is 15.6. The molecule has 0 radical (unpaired) electrons. The minimum absolute atomic E-state index is 0.0473. The first-order chi connectivity index (χ1) is 9.77. The van der Waals surface area contributed by atoms with E-state index >= 15 is 0 Å². The predicted octanol–water partition coefficient (Wildman–Crippen LogP) is 3.96. The molecule has 1 heterocycles. The normalized spacial score (nSPS) is 23.0. The maximum atomic E-state index is 11.4. The number of likely N-dealkylation sites (tertiary alicyclic amines) is 1. The molecule has 4 nitrogen and oxygen atoms in total. The van der Waals surface area contributed by atoms with Gasteiger partial charge in [-0.2, -0.15) is 0 Å². The number of hydrogen-bond acceptors (Lipinski definition) is 2. The molecular weight excluding hydrogens is 264 g/mol. The lowest BCUT2D eigenvalue weighted by atomic mass is 9.79. The highest BCUT2D eigenvalue weighted by Gasteiger charge is 2.38. The summed E-state index contributed by atoms with van der Waals surface area (Å²) in [6.07, 6.45) is 0.903. The quantitative estimate of drug-likeness (QED) is 0.866. The molecule has 0 saturated carbocycles. The Morgan fingerprint density at radius 3 is 2.67 bits per heavy atom. The number of carboxylic acid groups (broad SMARTS) is 1. The summed E-state index contributed by atoms with van der Waals surface area (Å²) in [6, 6.07) is 8.71. The monoisotopic (exact) mass is 290 g/mol. The molecule has 0 aromatic heterocycles. The Hall–Kier alpha value is -1.71. The van der Waals surface area contributed by atoms with Crippen LogP contribution in [0.3, 0.4) is 0 Å². The molecule has 0 bridgehead atoms. The molecule has 4 heteroatoms. The Balaban J connectivity index is 2.09. The van der Waals surface area contributed by atoms with E-state index in [1.54, 1.807) is 4.90 Å². The second kappa shape index (κ2) is 5.96. The Morgan fingerprint density at radius 2 is 2.10 bits per heavy atom. The van der Waals surface area contributed by atoms with Crippen LogP contribution in [0, 0.1) is 12.3 Å². The number of piperidine rings is 1. The van der Waals surface area contributed by atoms with Crippen LogP contribution in [0.4, 0.5) is 10.5 Å². The first kappa shape index (κ1) is 15.7. The summed E-state index contributed by atoms with van der Waals surface area (Å²) >= 11 is 0. The second-order valence-electron chi connectivity index (χ2n) is 7.09. The van der Waals surface area contributed by atoms with Crippen molar-refractivity contribution in [3.8, 4) is 0 Å². The molecule has 116 valence electrons. The minimum Gasteiger partial charge on any atom is -0.465 e. The maximum absolute atomic E-state index is 11.4. The van der Waals surface area contributed by atoms with E-state index in [0.29, 0.717) is 12.6 Å². The molecule has 1 saturated heterocycles. The van der Waals surface area contributed by atoms with Gasteiger partial charge in [0.1, 0.15) is 0 Å². The summed E-state index contributed by atoms with van der Waals surface area (Å²) in [5, 5.41) is 13.0. The maximum Gasteiger partial charge on any atom is 0.407 e. The number of benzene rings is 1. The van der Waals surface area contributed by atoms with Gasteiger partial charge in [-0.3, -0.25) is 0 Å². The summed E-state index contributed by atoms with van der Waals surface area (Å²) in [7, 11) is 0. The van der Waals surface area contributed by atoms with E-state index in [1.807, 2.05) is 6.07 Å². The molecule has 0 aliphatic carbocycles. The fraction of sp³-hybridized carbons (Fsp3) is 0.588. The van der Waals surface area contributed by atoms with Crippen molar-refractivity contribution in [3.05, 3.63) is 29.8 Å². The van der Waals surface area contributed by atoms with Crippen molar-refractivity contribution in [3.63, 3.8) is 0 Å². The molecule has 1 aliphatic heterocycles. The summed E-state index contributed by atoms with van der Waals surface area (Å²) < 4.78 is 0. The van der Waals surface area contributed by atoms with E-state index in [2.05, 4.69) is 51.2 Å². The van der Waals surface area contributed by atoms with Gasteiger partial charge in [0, 0.05) is 24.3 Å². The van der Waals surface area contributed by atoms with Crippen LogP contribution in [0.5, 0.6) is 0 Å². The molecule has 1 aliphatic rings. The number of carbonyl (C=O) groups is 1. The molecule has 1 fully saturated rings. The third-order valence-electron chi connectivity index (χ3n) is 4.24. The van der Waals surface area contributed by atoms with Gasteiger partial charge in [0.25, 0.3) is 0 Å². The summed E-state index contributed by atoms with van der Waals surface area (Å²) in [6.45, 7) is 9.02. The van der Waals surface area contributed by atoms with Crippen LogP contribution in [0.25, 0.3) is 0 Å². The van der Waals surface area contributed by atoms with E-state index < -0.39 is 6.09 Å². The lowest BCUT2D eigenvalue weighted by molar-refractivity contribution is 0.0557. The molecule has 1 aromatic carbocycles. The minimum atomic E-state index is -0.802. The van der Waals surface area contributed by atoms with Gasteiger partial charge in [-0.05, 0) is 42.9 Å². The van der Waals surface area contributed by atoms with Crippen LogP contribution in [0.15, 0.2) is 24.3 Å². The van der Waals surface area contributed by atoms with Crippen molar-refractivity contribution in [2.45, 2.75) is 52.6 Å². The molecule has 1 aromatic rings. The Kier molecular flexibility index (Phi) is 4.45. The van der Waals surface area contributed by atoms with Gasteiger partial charge >= 0.3 is 6.09 Å². The van der Waals surface area contributed by atoms with Crippen molar-refractivity contribution in [1.82, 2.24) is 4.90 Å². The summed E-state index contributed by atoms with van der Waals surface area (Å²) in [5.41, 5.74) is 2.30. The number of nitrogens with one attached hydrogen (secondary N) is 1. The third-order valence-corrected chi connectivity index (χ3v) is 4.24. The van der Waals surface area contributed by atoms with Gasteiger partial charge in [-0.1, -0.05) is 32.9 Å². The fourth-order valence-corrected chi connectivity index (χ4v) is 3.12. The van der Waals surface area contributed by atoms with E-state index in [4.69, 9.17) is 0 Å². The first-order valence-corrected chi connectivity index (χ1v) is 7.60. The molecule has 0 spiro atoms. The predicted molar refractivity (Wildman–Crippen MR) is 85.8 cm³/mol. The largest absolute Gasteiger partial charge is 0.465 e. The molecular formula is C17H26N2O2. The average Bonchev–Trinajstić information content (AvgIpc) is 2.37. The first-order valence-electron chi connectivity index (χ1n) is 7.60. The van der Waals surface area contributed by atoms with Crippen molar-refractivity contribution in [2.75, 3.05) is 11.9 Å². The van der Waals surface area contributed by atoms with Crippen molar-refractivity contribution in [2.24, 2.45) is 5.41 Å². The summed E-state index contributed by atoms with van der Waals surface area (Å²) in [5.74, 6) is 0. The number of hydrogen-bond donors (Lipinski definition) is 2. The lowest BCUT2D eigenvalue weighted by Gasteiger charge is -2.45. The van der Waals surface area contributed by atoms with E-state index in [1.165, 1.54) is 5.56 Å². The van der Waals surface area contributed by atoms with Gasteiger partial charge < -0.3 is 15.3 Å². The lowest BCUT2D eigenvalue weighted by Crippen LogP contribution is -2.54. The smallest absolute Gasteiger partial charge is 0.407 e. The molecule has 2 N–H and O–H groups in total. The Labute approximate surface area is 127 Å². The Bertz CT molecular complexity index is 508. The topological polar surface area (TPSA) is 52.6 Å². The van der Waals surface area contributed by atoms with E-state index in [9.17, 15) is 9.90 Å². The Morgan fingerprint density at radius 1 is 1.38 bits per heavy atom. The highest BCUT2D eigenvalue weighted by Crippen LogP contribution is 2.33. The fourth-order valence-electron chi connectivity index (χ4n) is 3.12. The standard InChI is InChI=1S/C17H26N2O2/c1-12-6-5-7-13(10-12)18-14-8-9-19(16(20)21)15(11-14)17(2,3)4/h5-7,10,14-15,18H,8-9,11H2,1-4H3,(H,20,21). The second-order valence-corrected chi connectivity index (χ2v) is 7.09. The van der Waals surface area contributed by atoms with Crippen molar-refractivity contribution >= 4 is 11.8 Å². The SMILES string of the molecule is Cc1cccc(NC2CCN(C(=O)O)C(C(C)(C)C)C2)c1. The third kappa shape index (κ3) is 3.90. The van der Waals surface area contributed by atoms with Crippen molar-refractivity contribution < 1.29 is 9.90 Å². The molecule has 2 rings (SSSR count). The number of nitrogens with zero attached hydrogens (tertiary/aromatic N) is 1. The van der Waals surface area contributed by atoms with E-state index in [-0.39, 0.29) is 11.5 Å². The van der Waals surface area contributed by atoms with Gasteiger partial charge in [-0.25, -0.2) is 4.79 Å². The van der Waals surface area contributed by atoms with Crippen LogP contribution < -0.4 is 5.32 Å². The average molecular weight is 290 g/mol. The number of amides is 1. The van der Waals surface area contributed by atoms with Gasteiger partial charge in [0.2, 0.25) is 0 Å². The molecule has 1 amide bonds. The van der Waals surface area contributed by atoms with Gasteiger partial charge in [0.15, 0.2) is 0 Å². The molecule has 2 unspecified atom stereocenters. The van der Waals surface area contributed by atoms with Crippen molar-refractivity contribution in [1.29, 1.82) is 0 Å². The van der Waals surface area contributed by atoms with Gasteiger partial charge in [-0.15, -0.1) is 0 Å². The highest BCUT2D eigenvalue weighted by molar-refractivity contribution is 5.65. The van der Waals surface area contributed by atoms with Crippen LogP contribution in [0.1, 0.15) is 39.2 Å². The zero-order valence-electron chi connectivity index (χ0n) is 13.4. The van der Waals surface area contributed by atoms with Gasteiger partial charge in [0.05, 0.1) is 0 Å². The zero-order valence-corrected chi connectivity index (χ0v) is 13.4.